The van der Waals surface area contributed by atoms with Crippen molar-refractivity contribution in [1.82, 2.24) is 0 Å². The van der Waals surface area contributed by atoms with Crippen LogP contribution in [0, 0.1) is 5.92 Å². The van der Waals surface area contributed by atoms with Crippen molar-refractivity contribution in [3.63, 3.8) is 0 Å². The molecule has 2 atom stereocenters. The van der Waals surface area contributed by atoms with Crippen LogP contribution in [-0.4, -0.2) is 22.5 Å². The highest BCUT2D eigenvalue weighted by molar-refractivity contribution is 7.83. The minimum Gasteiger partial charge on any atom is -0.395 e. The van der Waals surface area contributed by atoms with E-state index in [-0.39, 0.29) is 0 Å². The first-order valence-corrected chi connectivity index (χ1v) is 7.82. The first-order valence-electron chi connectivity index (χ1n) is 5.54. The van der Waals surface area contributed by atoms with Crippen molar-refractivity contribution in [3.8, 4) is 0 Å². The van der Waals surface area contributed by atoms with Gasteiger partial charge in [-0.25, -0.2) is 4.89 Å². The summed E-state index contributed by atoms with van der Waals surface area (Å²) in [6, 6.07) is 0.771. The molecule has 16 heavy (non-hydrogen) atoms. The summed E-state index contributed by atoms with van der Waals surface area (Å²) in [6.07, 6.45) is 4.74. The van der Waals surface area contributed by atoms with Crippen molar-refractivity contribution in [2.45, 2.75) is 26.3 Å². The molecular weight excluding hydrogens is 240 g/mol. The highest BCUT2D eigenvalue weighted by Crippen LogP contribution is 2.05. The topological polar surface area (TPSA) is 27.7 Å². The maximum absolute atomic E-state index is 5.47. The van der Waals surface area contributed by atoms with Gasteiger partial charge in [-0.3, -0.25) is 4.58 Å². The minimum absolute atomic E-state index is 0.425. The van der Waals surface area contributed by atoms with Gasteiger partial charge < -0.3 is 4.43 Å². The molecule has 0 aliphatic carbocycles. The van der Waals surface area contributed by atoms with Crippen LogP contribution in [0.4, 0.5) is 0 Å². The number of hydrogen-bond acceptors (Lipinski definition) is 4. The largest absolute Gasteiger partial charge is 0.395 e. The SMILES string of the molecule is C=CCC(C)COO[SiH](CC=CS)OCC. The molecular formula is C11H22O3SSi. The molecule has 0 aromatic heterocycles. The predicted octanol–water partition coefficient (Wildman–Crippen LogP) is 2.85. The highest BCUT2D eigenvalue weighted by atomic mass is 32.1. The lowest BCUT2D eigenvalue weighted by molar-refractivity contribution is -0.232. The Labute approximate surface area is 106 Å². The van der Waals surface area contributed by atoms with Crippen molar-refractivity contribution in [3.05, 3.63) is 24.1 Å². The lowest BCUT2D eigenvalue weighted by Crippen LogP contribution is -2.23. The number of hydrogen-bond donors (Lipinski definition) is 1. The normalized spacial score (nSPS) is 15.2. The third kappa shape index (κ3) is 9.17. The van der Waals surface area contributed by atoms with E-state index < -0.39 is 9.28 Å². The highest BCUT2D eigenvalue weighted by Gasteiger charge is 2.12. The van der Waals surface area contributed by atoms with E-state index in [1.165, 1.54) is 0 Å². The number of rotatable bonds is 10. The number of allylic oxidation sites excluding steroid dienone is 2. The van der Waals surface area contributed by atoms with Crippen LogP contribution < -0.4 is 0 Å². The summed E-state index contributed by atoms with van der Waals surface area (Å²) in [5, 5.41) is 1.70. The Morgan fingerprint density at radius 2 is 2.25 bits per heavy atom. The second kappa shape index (κ2) is 11.4. The molecule has 0 heterocycles. The summed E-state index contributed by atoms with van der Waals surface area (Å²) in [4.78, 5) is 5.19. The summed E-state index contributed by atoms with van der Waals surface area (Å²) < 4.78 is 10.8. The Morgan fingerprint density at radius 1 is 1.50 bits per heavy atom. The predicted molar refractivity (Wildman–Crippen MR) is 72.7 cm³/mol. The molecule has 0 N–H and O–H groups in total. The second-order valence-corrected chi connectivity index (χ2v) is 5.67. The van der Waals surface area contributed by atoms with Crippen LogP contribution in [0.3, 0.4) is 0 Å². The first-order chi connectivity index (χ1) is 7.74. The molecule has 0 aliphatic heterocycles. The molecule has 0 radical (unpaired) electrons. The van der Waals surface area contributed by atoms with Crippen LogP contribution in [0.2, 0.25) is 6.04 Å². The standard InChI is InChI=1S/C11H22O3SSi/c1-4-7-11(3)10-12-14-16(13-5-2)9-6-8-15/h4,6,8,11,15-16H,1,5,7,9-10H2,2-3H3. The van der Waals surface area contributed by atoms with Gasteiger partial charge >= 0.3 is 9.28 Å². The van der Waals surface area contributed by atoms with Gasteiger partial charge in [0.25, 0.3) is 0 Å². The van der Waals surface area contributed by atoms with Crippen molar-refractivity contribution in [1.29, 1.82) is 0 Å². The Kier molecular flexibility index (Phi) is 11.4. The molecule has 5 heteroatoms. The van der Waals surface area contributed by atoms with E-state index in [2.05, 4.69) is 26.1 Å². The van der Waals surface area contributed by atoms with Gasteiger partial charge in [-0.05, 0) is 24.7 Å². The second-order valence-electron chi connectivity index (χ2n) is 3.52. The van der Waals surface area contributed by atoms with E-state index in [9.17, 15) is 0 Å². The van der Waals surface area contributed by atoms with Crippen LogP contribution in [-0.2, 0) is 13.9 Å². The summed E-state index contributed by atoms with van der Waals surface area (Å²) in [7, 11) is -1.71. The Hall–Kier alpha value is -0.0731. The zero-order valence-electron chi connectivity index (χ0n) is 10.1. The quantitative estimate of drug-likeness (QED) is 0.216. The maximum atomic E-state index is 5.47. The van der Waals surface area contributed by atoms with Crippen LogP contribution in [0.25, 0.3) is 0 Å². The molecule has 0 fully saturated rings. The zero-order chi connectivity index (χ0) is 12.2. The maximum Gasteiger partial charge on any atom is 0.363 e. The summed E-state index contributed by atoms with van der Waals surface area (Å²) in [5.41, 5.74) is 0. The van der Waals surface area contributed by atoms with Gasteiger partial charge in [0.15, 0.2) is 0 Å². The lowest BCUT2D eigenvalue weighted by Gasteiger charge is -2.15. The monoisotopic (exact) mass is 262 g/mol. The van der Waals surface area contributed by atoms with Gasteiger partial charge in [-0.15, -0.1) is 6.58 Å². The fraction of sp³-hybridized carbons (Fsp3) is 0.636. The van der Waals surface area contributed by atoms with Gasteiger partial charge in [-0.2, -0.15) is 12.6 Å². The Bertz CT molecular complexity index is 200. The summed E-state index contributed by atoms with van der Waals surface area (Å²) in [6.45, 7) is 8.96. The fourth-order valence-electron chi connectivity index (χ4n) is 1.08. The van der Waals surface area contributed by atoms with Crippen LogP contribution in [0.1, 0.15) is 20.3 Å². The van der Waals surface area contributed by atoms with Crippen molar-refractivity contribution in [2.24, 2.45) is 5.92 Å². The third-order valence-corrected chi connectivity index (χ3v) is 3.81. The van der Waals surface area contributed by atoms with Gasteiger partial charge in [0.1, 0.15) is 0 Å². The molecule has 0 spiro atoms. The fourth-order valence-corrected chi connectivity index (χ4v) is 2.66. The van der Waals surface area contributed by atoms with Crippen molar-refractivity contribution < 1.29 is 13.9 Å². The number of thiol groups is 1. The molecule has 0 bridgehead atoms. The van der Waals surface area contributed by atoms with Crippen LogP contribution >= 0.6 is 12.6 Å². The average molecular weight is 262 g/mol. The molecule has 2 unspecified atom stereocenters. The molecule has 0 rings (SSSR count). The van der Waals surface area contributed by atoms with Crippen LogP contribution in [0.15, 0.2) is 24.1 Å². The molecule has 0 aliphatic rings. The smallest absolute Gasteiger partial charge is 0.363 e. The van der Waals surface area contributed by atoms with E-state index in [0.29, 0.717) is 19.1 Å². The van der Waals surface area contributed by atoms with Gasteiger partial charge in [0.05, 0.1) is 6.61 Å². The van der Waals surface area contributed by atoms with Crippen molar-refractivity contribution >= 4 is 21.9 Å². The van der Waals surface area contributed by atoms with E-state index in [0.717, 1.165) is 12.5 Å². The average Bonchev–Trinajstić information content (AvgIpc) is 2.26. The van der Waals surface area contributed by atoms with Crippen LogP contribution in [0.5, 0.6) is 0 Å². The lowest BCUT2D eigenvalue weighted by atomic mass is 10.1. The zero-order valence-corrected chi connectivity index (χ0v) is 12.1. The molecule has 0 saturated carbocycles. The van der Waals surface area contributed by atoms with Crippen molar-refractivity contribution in [2.75, 3.05) is 13.2 Å². The summed E-state index contributed by atoms with van der Waals surface area (Å²) in [5.74, 6) is 0.425. The molecule has 0 aromatic rings. The van der Waals surface area contributed by atoms with E-state index in [1.54, 1.807) is 5.41 Å². The Balaban J connectivity index is 3.69. The Morgan fingerprint density at radius 3 is 2.81 bits per heavy atom. The molecule has 94 valence electrons. The minimum atomic E-state index is -1.71. The first kappa shape index (κ1) is 15.9. The molecule has 0 aromatic carbocycles. The summed E-state index contributed by atoms with van der Waals surface area (Å²) >= 11 is 3.99. The third-order valence-electron chi connectivity index (χ3n) is 1.88. The van der Waals surface area contributed by atoms with E-state index in [1.807, 2.05) is 19.1 Å². The molecule has 0 saturated heterocycles. The van der Waals surface area contributed by atoms with Gasteiger partial charge in [-0.1, -0.05) is 19.1 Å². The molecule has 0 amide bonds. The van der Waals surface area contributed by atoms with Gasteiger partial charge in [0.2, 0.25) is 0 Å². The van der Waals surface area contributed by atoms with E-state index >= 15 is 0 Å². The molecule has 3 nitrogen and oxygen atoms in total. The van der Waals surface area contributed by atoms with E-state index in [4.69, 9.17) is 13.9 Å². The van der Waals surface area contributed by atoms with Gasteiger partial charge in [0, 0.05) is 12.7 Å².